The lowest BCUT2D eigenvalue weighted by Gasteiger charge is -2.21. The summed E-state index contributed by atoms with van der Waals surface area (Å²) in [5.41, 5.74) is 0. The normalized spacial score (nSPS) is 19.8. The molecule has 0 radical (unpaired) electrons. The summed E-state index contributed by atoms with van der Waals surface area (Å²) in [6.07, 6.45) is 2.06. The molecule has 1 aliphatic rings. The van der Waals surface area contributed by atoms with Crippen molar-refractivity contribution >= 4 is 18.0 Å². The summed E-state index contributed by atoms with van der Waals surface area (Å²) >= 11 is 0. The zero-order valence-corrected chi connectivity index (χ0v) is 12.4. The minimum atomic E-state index is -1.17. The number of nitrogens with zero attached hydrogens (tertiary/aromatic N) is 1. The van der Waals surface area contributed by atoms with Gasteiger partial charge in [0.1, 0.15) is 6.04 Å². The number of likely N-dealkylation sites (tertiary alicyclic amines) is 1. The van der Waals surface area contributed by atoms with Crippen molar-refractivity contribution < 1.29 is 24.2 Å². The zero-order chi connectivity index (χ0) is 15.8. The summed E-state index contributed by atoms with van der Waals surface area (Å²) in [5.74, 6) is -1.68. The molecule has 1 aliphatic heterocycles. The van der Waals surface area contributed by atoms with Gasteiger partial charge in [0.05, 0.1) is 7.11 Å². The van der Waals surface area contributed by atoms with Gasteiger partial charge in [0.15, 0.2) is 0 Å². The lowest BCUT2D eigenvalue weighted by atomic mass is 10.1. The monoisotopic (exact) mass is 301 g/mol. The highest BCUT2D eigenvalue weighted by atomic mass is 16.5. The van der Waals surface area contributed by atoms with Crippen LogP contribution in [0, 0.1) is 0 Å². The van der Waals surface area contributed by atoms with E-state index in [-0.39, 0.29) is 18.9 Å². The van der Waals surface area contributed by atoms with E-state index in [2.05, 4.69) is 20.3 Å². The van der Waals surface area contributed by atoms with Gasteiger partial charge in [-0.05, 0) is 32.9 Å². The Balaban J connectivity index is 2.34. The average molecular weight is 301 g/mol. The first kappa shape index (κ1) is 17.2. The van der Waals surface area contributed by atoms with E-state index in [0.29, 0.717) is 6.54 Å². The molecule has 0 aromatic heterocycles. The van der Waals surface area contributed by atoms with Crippen LogP contribution in [0.3, 0.4) is 0 Å². The van der Waals surface area contributed by atoms with Gasteiger partial charge in [0.2, 0.25) is 0 Å². The van der Waals surface area contributed by atoms with Crippen molar-refractivity contribution in [3.05, 3.63) is 0 Å². The van der Waals surface area contributed by atoms with Crippen LogP contribution in [0.4, 0.5) is 4.79 Å². The third kappa shape index (κ3) is 5.99. The molecule has 8 nitrogen and oxygen atoms in total. The van der Waals surface area contributed by atoms with E-state index in [4.69, 9.17) is 5.11 Å². The number of rotatable bonds is 7. The minimum Gasteiger partial charge on any atom is -0.480 e. The Labute approximate surface area is 123 Å². The Morgan fingerprint density at radius 1 is 1.43 bits per heavy atom. The van der Waals surface area contributed by atoms with Gasteiger partial charge >= 0.3 is 18.0 Å². The summed E-state index contributed by atoms with van der Waals surface area (Å²) in [7, 11) is 3.23. The average Bonchev–Trinajstić information content (AvgIpc) is 2.85. The summed E-state index contributed by atoms with van der Waals surface area (Å²) < 4.78 is 4.45. The quantitative estimate of drug-likeness (QED) is 0.561. The zero-order valence-electron chi connectivity index (χ0n) is 12.4. The molecule has 1 unspecified atom stereocenters. The Morgan fingerprint density at radius 2 is 2.14 bits per heavy atom. The molecule has 1 rings (SSSR count). The number of esters is 1. The fraction of sp³-hybridized carbons (Fsp3) is 0.769. The lowest BCUT2D eigenvalue weighted by molar-refractivity contribution is -0.142. The first-order chi connectivity index (χ1) is 9.93. The van der Waals surface area contributed by atoms with Crippen LogP contribution in [0.15, 0.2) is 0 Å². The molecule has 0 saturated carbocycles. The molecule has 0 aromatic carbocycles. The van der Waals surface area contributed by atoms with Crippen LogP contribution in [0.25, 0.3) is 0 Å². The van der Waals surface area contributed by atoms with Crippen LogP contribution >= 0.6 is 0 Å². The molecule has 1 saturated heterocycles. The Kier molecular flexibility index (Phi) is 6.93. The van der Waals surface area contributed by atoms with Crippen LogP contribution in [0.1, 0.15) is 25.7 Å². The number of methoxy groups -OCH3 is 1. The third-order valence-corrected chi connectivity index (χ3v) is 3.64. The number of carbonyl (C=O) groups is 3. The van der Waals surface area contributed by atoms with Gasteiger partial charge in [-0.15, -0.1) is 0 Å². The maximum absolute atomic E-state index is 11.7. The fourth-order valence-electron chi connectivity index (χ4n) is 2.28. The van der Waals surface area contributed by atoms with E-state index in [9.17, 15) is 14.4 Å². The number of hydrogen-bond donors (Lipinski definition) is 3. The molecule has 8 heteroatoms. The molecule has 120 valence electrons. The van der Waals surface area contributed by atoms with Gasteiger partial charge in [-0.1, -0.05) is 0 Å². The molecular formula is C13H23N3O5. The van der Waals surface area contributed by atoms with E-state index in [1.807, 2.05) is 7.05 Å². The number of nitrogens with one attached hydrogen (secondary N) is 2. The van der Waals surface area contributed by atoms with Gasteiger partial charge < -0.3 is 25.4 Å². The molecule has 0 bridgehead atoms. The Hall–Kier alpha value is -1.83. The topological polar surface area (TPSA) is 108 Å². The van der Waals surface area contributed by atoms with E-state index in [1.165, 1.54) is 7.11 Å². The number of likely N-dealkylation sites (N-methyl/N-ethyl adjacent to an activating group) is 1. The predicted octanol–water partition coefficient (Wildman–Crippen LogP) is -0.214. The molecule has 0 aliphatic carbocycles. The second-order valence-electron chi connectivity index (χ2n) is 5.14. The first-order valence-corrected chi connectivity index (χ1v) is 6.98. The number of carbonyl (C=O) groups excluding carboxylic acids is 2. The standard InChI is InChI=1S/C13H23N3O5/c1-16-7-3-4-9(16)8-14-13(20)15-10(12(18)19)5-6-11(17)21-2/h9-10H,3-8H2,1-2H3,(H,18,19)(H2,14,15,20)/t9?,10-/m1/s1. The van der Waals surface area contributed by atoms with Gasteiger partial charge in [0.25, 0.3) is 0 Å². The highest BCUT2D eigenvalue weighted by molar-refractivity contribution is 5.83. The van der Waals surface area contributed by atoms with E-state index in [1.54, 1.807) is 0 Å². The van der Waals surface area contributed by atoms with Crippen LogP contribution in [0.2, 0.25) is 0 Å². The largest absolute Gasteiger partial charge is 0.480 e. The van der Waals surface area contributed by atoms with Crippen molar-refractivity contribution in [3.63, 3.8) is 0 Å². The molecule has 0 spiro atoms. The van der Waals surface area contributed by atoms with Crippen LogP contribution < -0.4 is 10.6 Å². The Morgan fingerprint density at radius 3 is 2.67 bits per heavy atom. The van der Waals surface area contributed by atoms with Gasteiger partial charge in [-0.25, -0.2) is 9.59 Å². The molecular weight excluding hydrogens is 278 g/mol. The first-order valence-electron chi connectivity index (χ1n) is 6.98. The van der Waals surface area contributed by atoms with Crippen LogP contribution in [0.5, 0.6) is 0 Å². The van der Waals surface area contributed by atoms with Gasteiger partial charge in [0, 0.05) is 19.0 Å². The molecule has 2 atom stereocenters. The van der Waals surface area contributed by atoms with Crippen molar-refractivity contribution in [2.45, 2.75) is 37.8 Å². The van der Waals surface area contributed by atoms with Crippen molar-refractivity contribution in [2.24, 2.45) is 0 Å². The second kappa shape index (κ2) is 8.46. The summed E-state index contributed by atoms with van der Waals surface area (Å²) in [5, 5.41) is 14.1. The summed E-state index contributed by atoms with van der Waals surface area (Å²) in [6, 6.07) is -1.35. The van der Waals surface area contributed by atoms with E-state index < -0.39 is 24.0 Å². The molecule has 21 heavy (non-hydrogen) atoms. The summed E-state index contributed by atoms with van der Waals surface area (Å²) in [4.78, 5) is 35.9. The molecule has 1 fully saturated rings. The second-order valence-corrected chi connectivity index (χ2v) is 5.14. The van der Waals surface area contributed by atoms with Crippen molar-refractivity contribution in [1.29, 1.82) is 0 Å². The molecule has 1 heterocycles. The predicted molar refractivity (Wildman–Crippen MR) is 74.9 cm³/mol. The number of amides is 2. The number of carboxylic acid groups (broad SMARTS) is 1. The van der Waals surface area contributed by atoms with Crippen molar-refractivity contribution in [2.75, 3.05) is 27.2 Å². The number of ether oxygens (including phenoxy) is 1. The van der Waals surface area contributed by atoms with E-state index in [0.717, 1.165) is 19.4 Å². The maximum atomic E-state index is 11.7. The smallest absolute Gasteiger partial charge is 0.326 e. The minimum absolute atomic E-state index is 0.00123. The van der Waals surface area contributed by atoms with Crippen LogP contribution in [-0.4, -0.2) is 67.3 Å². The molecule has 2 amide bonds. The SMILES string of the molecule is COC(=O)CC[C@@H](NC(=O)NCC1CCCN1C)C(=O)O. The Bertz CT molecular complexity index is 388. The van der Waals surface area contributed by atoms with Gasteiger partial charge in [-0.3, -0.25) is 4.79 Å². The maximum Gasteiger partial charge on any atom is 0.326 e. The lowest BCUT2D eigenvalue weighted by Crippen LogP contribution is -2.48. The number of carboxylic acids is 1. The fourth-order valence-corrected chi connectivity index (χ4v) is 2.28. The van der Waals surface area contributed by atoms with Gasteiger partial charge in [-0.2, -0.15) is 0 Å². The highest BCUT2D eigenvalue weighted by Crippen LogP contribution is 2.13. The number of urea groups is 1. The number of aliphatic carboxylic acids is 1. The third-order valence-electron chi connectivity index (χ3n) is 3.64. The molecule has 0 aromatic rings. The molecule has 3 N–H and O–H groups in total. The highest BCUT2D eigenvalue weighted by Gasteiger charge is 2.24. The van der Waals surface area contributed by atoms with Crippen molar-refractivity contribution in [1.82, 2.24) is 15.5 Å². The van der Waals surface area contributed by atoms with Crippen molar-refractivity contribution in [3.8, 4) is 0 Å². The summed E-state index contributed by atoms with van der Waals surface area (Å²) in [6.45, 7) is 1.48. The van der Waals surface area contributed by atoms with Crippen LogP contribution in [-0.2, 0) is 14.3 Å². The number of hydrogen-bond acceptors (Lipinski definition) is 5. The van der Waals surface area contributed by atoms with E-state index >= 15 is 0 Å².